The van der Waals surface area contributed by atoms with Crippen LogP contribution in [0.25, 0.3) is 0 Å². The summed E-state index contributed by atoms with van der Waals surface area (Å²) in [4.78, 5) is 8.67. The summed E-state index contributed by atoms with van der Waals surface area (Å²) in [5.74, 6) is 2.13. The minimum Gasteiger partial charge on any atom is -0.467 e. The summed E-state index contributed by atoms with van der Waals surface area (Å²) in [6.45, 7) is 2.63. The quantitative estimate of drug-likeness (QED) is 0.703. The van der Waals surface area contributed by atoms with E-state index >= 15 is 0 Å². The molecule has 3 aromatic rings. The summed E-state index contributed by atoms with van der Waals surface area (Å²) in [7, 11) is 0. The highest BCUT2D eigenvalue weighted by Gasteiger charge is 2.04. The SMILES string of the molecule is Cc1ccc(Nc2nccc(NCc3ccco3)n2)c(Br)c1. The van der Waals surface area contributed by atoms with E-state index in [9.17, 15) is 0 Å². The topological polar surface area (TPSA) is 63.0 Å². The third-order valence-electron chi connectivity index (χ3n) is 3.05. The number of aryl methyl sites for hydroxylation is 1. The van der Waals surface area contributed by atoms with Crippen molar-refractivity contribution in [2.24, 2.45) is 0 Å². The molecule has 112 valence electrons. The Labute approximate surface area is 136 Å². The van der Waals surface area contributed by atoms with Gasteiger partial charge in [0, 0.05) is 10.7 Å². The molecule has 0 bridgehead atoms. The Bertz CT molecular complexity index is 759. The first kappa shape index (κ1) is 14.6. The molecular formula is C16H15BrN4O. The first-order valence-corrected chi connectivity index (χ1v) is 7.62. The van der Waals surface area contributed by atoms with Crippen LogP contribution in [0.15, 0.2) is 57.7 Å². The van der Waals surface area contributed by atoms with Crippen molar-refractivity contribution >= 4 is 33.4 Å². The van der Waals surface area contributed by atoms with E-state index in [0.29, 0.717) is 12.5 Å². The number of furan rings is 1. The predicted octanol–water partition coefficient (Wildman–Crippen LogP) is 4.50. The fourth-order valence-electron chi connectivity index (χ4n) is 1.95. The molecule has 0 saturated carbocycles. The van der Waals surface area contributed by atoms with Gasteiger partial charge in [-0.15, -0.1) is 0 Å². The van der Waals surface area contributed by atoms with Gasteiger partial charge in [0.25, 0.3) is 0 Å². The Morgan fingerprint density at radius 2 is 2.14 bits per heavy atom. The van der Waals surface area contributed by atoms with Crippen LogP contribution in [0, 0.1) is 6.92 Å². The van der Waals surface area contributed by atoms with E-state index < -0.39 is 0 Å². The van der Waals surface area contributed by atoms with E-state index in [-0.39, 0.29) is 0 Å². The second-order valence-corrected chi connectivity index (χ2v) is 5.66. The maximum Gasteiger partial charge on any atom is 0.229 e. The van der Waals surface area contributed by atoms with Crippen molar-refractivity contribution in [2.75, 3.05) is 10.6 Å². The maximum absolute atomic E-state index is 5.28. The fraction of sp³-hybridized carbons (Fsp3) is 0.125. The van der Waals surface area contributed by atoms with Gasteiger partial charge in [-0.3, -0.25) is 0 Å². The molecule has 5 nitrogen and oxygen atoms in total. The lowest BCUT2D eigenvalue weighted by Gasteiger charge is -2.09. The number of hydrogen-bond donors (Lipinski definition) is 2. The number of nitrogens with one attached hydrogen (secondary N) is 2. The molecule has 3 rings (SSSR count). The molecule has 0 amide bonds. The van der Waals surface area contributed by atoms with Gasteiger partial charge in [0.2, 0.25) is 5.95 Å². The molecule has 0 aliphatic carbocycles. The molecule has 0 fully saturated rings. The average molecular weight is 359 g/mol. The van der Waals surface area contributed by atoms with Crippen molar-refractivity contribution in [3.63, 3.8) is 0 Å². The highest BCUT2D eigenvalue weighted by molar-refractivity contribution is 9.10. The number of aromatic nitrogens is 2. The summed E-state index contributed by atoms with van der Waals surface area (Å²) in [6, 6.07) is 11.7. The minimum atomic E-state index is 0.536. The largest absolute Gasteiger partial charge is 0.467 e. The zero-order valence-corrected chi connectivity index (χ0v) is 13.6. The van der Waals surface area contributed by atoms with Gasteiger partial charge in [0.15, 0.2) is 0 Å². The molecule has 0 atom stereocenters. The van der Waals surface area contributed by atoms with Crippen molar-refractivity contribution in [3.05, 3.63) is 64.7 Å². The summed E-state index contributed by atoms with van der Waals surface area (Å²) >= 11 is 3.53. The average Bonchev–Trinajstić information content (AvgIpc) is 3.02. The monoisotopic (exact) mass is 358 g/mol. The number of benzene rings is 1. The van der Waals surface area contributed by atoms with Crippen LogP contribution in [-0.4, -0.2) is 9.97 Å². The molecule has 22 heavy (non-hydrogen) atoms. The Kier molecular flexibility index (Phi) is 4.39. The molecule has 0 saturated heterocycles. The Morgan fingerprint density at radius 1 is 1.23 bits per heavy atom. The molecule has 1 aromatic carbocycles. The third kappa shape index (κ3) is 3.65. The number of rotatable bonds is 5. The maximum atomic E-state index is 5.28. The molecule has 0 unspecified atom stereocenters. The lowest BCUT2D eigenvalue weighted by Crippen LogP contribution is -2.04. The number of anilines is 3. The number of halogens is 1. The van der Waals surface area contributed by atoms with E-state index in [1.165, 1.54) is 5.56 Å². The van der Waals surface area contributed by atoms with Crippen molar-refractivity contribution < 1.29 is 4.42 Å². The van der Waals surface area contributed by atoms with Gasteiger partial charge in [-0.1, -0.05) is 6.07 Å². The van der Waals surface area contributed by atoms with E-state index in [1.807, 2.05) is 43.3 Å². The van der Waals surface area contributed by atoms with Crippen molar-refractivity contribution in [1.29, 1.82) is 0 Å². The van der Waals surface area contributed by atoms with Crippen LogP contribution in [0.4, 0.5) is 17.5 Å². The van der Waals surface area contributed by atoms with Crippen LogP contribution >= 0.6 is 15.9 Å². The molecule has 0 spiro atoms. The first-order chi connectivity index (χ1) is 10.7. The molecule has 6 heteroatoms. The van der Waals surface area contributed by atoms with Gasteiger partial charge >= 0.3 is 0 Å². The van der Waals surface area contributed by atoms with E-state index in [2.05, 4.69) is 36.5 Å². The molecule has 0 aliphatic rings. The Morgan fingerprint density at radius 3 is 2.91 bits per heavy atom. The second kappa shape index (κ2) is 6.62. The van der Waals surface area contributed by atoms with Crippen molar-refractivity contribution in [2.45, 2.75) is 13.5 Å². The van der Waals surface area contributed by atoms with Crippen LogP contribution in [0.1, 0.15) is 11.3 Å². The lowest BCUT2D eigenvalue weighted by molar-refractivity contribution is 0.518. The van der Waals surface area contributed by atoms with Gasteiger partial charge in [-0.2, -0.15) is 4.98 Å². The van der Waals surface area contributed by atoms with Gasteiger partial charge in [-0.05, 0) is 58.7 Å². The highest BCUT2D eigenvalue weighted by atomic mass is 79.9. The lowest BCUT2D eigenvalue weighted by atomic mass is 10.2. The first-order valence-electron chi connectivity index (χ1n) is 6.83. The van der Waals surface area contributed by atoms with Gasteiger partial charge in [0.05, 0.1) is 18.5 Å². The standard InChI is InChI=1S/C16H15BrN4O/c1-11-4-5-14(13(17)9-11)20-16-18-7-6-15(21-16)19-10-12-3-2-8-22-12/h2-9H,10H2,1H3,(H2,18,19,20,21). The third-order valence-corrected chi connectivity index (χ3v) is 3.71. The van der Waals surface area contributed by atoms with Crippen LogP contribution in [0.5, 0.6) is 0 Å². The predicted molar refractivity (Wildman–Crippen MR) is 90.2 cm³/mol. The number of hydrogen-bond acceptors (Lipinski definition) is 5. The summed E-state index contributed by atoms with van der Waals surface area (Å²) in [6.07, 6.45) is 3.36. The Balaban J connectivity index is 1.70. The molecule has 2 heterocycles. The smallest absolute Gasteiger partial charge is 0.229 e. The summed E-state index contributed by atoms with van der Waals surface area (Å²) < 4.78 is 6.26. The van der Waals surface area contributed by atoms with Crippen molar-refractivity contribution in [3.8, 4) is 0 Å². The zero-order chi connectivity index (χ0) is 15.4. The van der Waals surface area contributed by atoms with Crippen LogP contribution in [-0.2, 0) is 6.54 Å². The zero-order valence-electron chi connectivity index (χ0n) is 12.0. The summed E-state index contributed by atoms with van der Waals surface area (Å²) in [5.41, 5.74) is 2.11. The normalized spacial score (nSPS) is 10.5. The van der Waals surface area contributed by atoms with Crippen LogP contribution < -0.4 is 10.6 Å². The fourth-order valence-corrected chi connectivity index (χ4v) is 2.54. The Hall–Kier alpha value is -2.34. The van der Waals surface area contributed by atoms with Crippen LogP contribution in [0.2, 0.25) is 0 Å². The van der Waals surface area contributed by atoms with Crippen LogP contribution in [0.3, 0.4) is 0 Å². The molecule has 2 aromatic heterocycles. The summed E-state index contributed by atoms with van der Waals surface area (Å²) in [5, 5.41) is 6.40. The molecule has 2 N–H and O–H groups in total. The second-order valence-electron chi connectivity index (χ2n) is 4.81. The van der Waals surface area contributed by atoms with E-state index in [0.717, 1.165) is 21.7 Å². The molecule has 0 aliphatic heterocycles. The van der Waals surface area contributed by atoms with E-state index in [4.69, 9.17) is 4.42 Å². The van der Waals surface area contributed by atoms with Gasteiger partial charge < -0.3 is 15.1 Å². The van der Waals surface area contributed by atoms with Gasteiger partial charge in [0.1, 0.15) is 11.6 Å². The van der Waals surface area contributed by atoms with E-state index in [1.54, 1.807) is 12.5 Å². The van der Waals surface area contributed by atoms with Gasteiger partial charge in [-0.25, -0.2) is 4.98 Å². The number of nitrogens with zero attached hydrogens (tertiary/aromatic N) is 2. The van der Waals surface area contributed by atoms with Crippen molar-refractivity contribution in [1.82, 2.24) is 9.97 Å². The minimum absolute atomic E-state index is 0.536. The highest BCUT2D eigenvalue weighted by Crippen LogP contribution is 2.25. The molecular weight excluding hydrogens is 344 g/mol. The molecule has 0 radical (unpaired) electrons.